The predicted molar refractivity (Wildman–Crippen MR) is 68.1 cm³/mol. The van der Waals surface area contributed by atoms with Gasteiger partial charge in [0.1, 0.15) is 6.33 Å². The van der Waals surface area contributed by atoms with Crippen LogP contribution in [0, 0.1) is 5.92 Å². The minimum absolute atomic E-state index is 0.383. The van der Waals surface area contributed by atoms with Gasteiger partial charge in [-0.25, -0.2) is 9.97 Å². The maximum atomic E-state index is 5.72. The second kappa shape index (κ2) is 5.70. The first kappa shape index (κ1) is 12.0. The molecule has 17 heavy (non-hydrogen) atoms. The number of nitrogens with one attached hydrogen (secondary N) is 1. The van der Waals surface area contributed by atoms with Gasteiger partial charge in [-0.15, -0.1) is 0 Å². The Labute approximate surface area is 102 Å². The van der Waals surface area contributed by atoms with Gasteiger partial charge in [-0.3, -0.25) is 0 Å². The molecule has 0 unspecified atom stereocenters. The second-order valence-electron chi connectivity index (χ2n) is 4.53. The first-order valence-corrected chi connectivity index (χ1v) is 6.19. The molecule has 0 bridgehead atoms. The van der Waals surface area contributed by atoms with Crippen molar-refractivity contribution in [3.8, 4) is 5.75 Å². The average Bonchev–Trinajstić information content (AvgIpc) is 2.37. The Morgan fingerprint density at radius 1 is 1.35 bits per heavy atom. The zero-order valence-electron chi connectivity index (χ0n) is 10.3. The third-order valence-corrected chi connectivity index (χ3v) is 3.32. The van der Waals surface area contributed by atoms with Gasteiger partial charge in [0, 0.05) is 6.54 Å². The van der Waals surface area contributed by atoms with Gasteiger partial charge in [0.25, 0.3) is 0 Å². The van der Waals surface area contributed by atoms with Gasteiger partial charge in [0.2, 0.25) is 5.75 Å². The minimum Gasteiger partial charge on any atom is -0.490 e. The standard InChI is InChI=1S/C12H20N4O/c1-17-10-11(13)15-8-16-12(10)14-7-9-5-3-2-4-6-9/h8-9H,2-7H2,1H3,(H3,13,14,15,16). The molecule has 0 amide bonds. The fraction of sp³-hybridized carbons (Fsp3) is 0.667. The molecular weight excluding hydrogens is 216 g/mol. The van der Waals surface area contributed by atoms with Crippen molar-refractivity contribution in [2.45, 2.75) is 32.1 Å². The summed E-state index contributed by atoms with van der Waals surface area (Å²) in [6, 6.07) is 0. The summed E-state index contributed by atoms with van der Waals surface area (Å²) in [6.07, 6.45) is 8.12. The van der Waals surface area contributed by atoms with Gasteiger partial charge >= 0.3 is 0 Å². The first-order chi connectivity index (χ1) is 8.31. The number of methoxy groups -OCH3 is 1. The maximum absolute atomic E-state index is 5.72. The van der Waals surface area contributed by atoms with Crippen LogP contribution in [0.2, 0.25) is 0 Å². The van der Waals surface area contributed by atoms with Crippen LogP contribution in [-0.2, 0) is 0 Å². The third kappa shape index (κ3) is 2.99. The van der Waals surface area contributed by atoms with Gasteiger partial charge in [0.15, 0.2) is 11.6 Å². The van der Waals surface area contributed by atoms with Crippen LogP contribution in [0.1, 0.15) is 32.1 Å². The van der Waals surface area contributed by atoms with Crippen molar-refractivity contribution < 1.29 is 4.74 Å². The highest BCUT2D eigenvalue weighted by Gasteiger charge is 2.15. The molecule has 3 N–H and O–H groups in total. The summed E-state index contributed by atoms with van der Waals surface area (Å²) in [6.45, 7) is 0.937. The number of nitrogens with zero attached hydrogens (tertiary/aromatic N) is 2. The molecule has 1 heterocycles. The highest BCUT2D eigenvalue weighted by Crippen LogP contribution is 2.28. The smallest absolute Gasteiger partial charge is 0.203 e. The Hall–Kier alpha value is -1.52. The normalized spacial score (nSPS) is 16.8. The average molecular weight is 236 g/mol. The molecule has 94 valence electrons. The highest BCUT2D eigenvalue weighted by molar-refractivity contribution is 5.61. The van der Waals surface area contributed by atoms with Crippen LogP contribution in [0.25, 0.3) is 0 Å². The van der Waals surface area contributed by atoms with E-state index in [0.29, 0.717) is 17.4 Å². The van der Waals surface area contributed by atoms with Crippen molar-refractivity contribution in [1.82, 2.24) is 9.97 Å². The van der Waals surface area contributed by atoms with Crippen LogP contribution in [0.15, 0.2) is 6.33 Å². The largest absolute Gasteiger partial charge is 0.490 e. The van der Waals surface area contributed by atoms with E-state index in [-0.39, 0.29) is 0 Å². The van der Waals surface area contributed by atoms with E-state index in [1.165, 1.54) is 38.4 Å². The summed E-state index contributed by atoms with van der Waals surface area (Å²) in [5.74, 6) is 2.37. The SMILES string of the molecule is COc1c(N)ncnc1NCC1CCCCC1. The Morgan fingerprint density at radius 3 is 2.82 bits per heavy atom. The molecule has 0 spiro atoms. The molecule has 5 nitrogen and oxygen atoms in total. The zero-order chi connectivity index (χ0) is 12.1. The first-order valence-electron chi connectivity index (χ1n) is 6.19. The van der Waals surface area contributed by atoms with E-state index < -0.39 is 0 Å². The van der Waals surface area contributed by atoms with Crippen molar-refractivity contribution in [3.63, 3.8) is 0 Å². The van der Waals surface area contributed by atoms with Crippen LogP contribution in [0.5, 0.6) is 5.75 Å². The van der Waals surface area contributed by atoms with Gasteiger partial charge in [-0.2, -0.15) is 0 Å². The summed E-state index contributed by atoms with van der Waals surface area (Å²) in [5, 5.41) is 3.32. The molecule has 0 saturated heterocycles. The number of nitrogen functional groups attached to an aromatic ring is 1. The molecule has 1 aliphatic rings. The van der Waals surface area contributed by atoms with Gasteiger partial charge in [0.05, 0.1) is 7.11 Å². The summed E-state index contributed by atoms with van der Waals surface area (Å²) in [4.78, 5) is 8.07. The molecule has 1 aromatic heterocycles. The second-order valence-corrected chi connectivity index (χ2v) is 4.53. The van der Waals surface area contributed by atoms with Crippen LogP contribution in [0.4, 0.5) is 11.6 Å². The third-order valence-electron chi connectivity index (χ3n) is 3.32. The number of nitrogens with two attached hydrogens (primary N) is 1. The zero-order valence-corrected chi connectivity index (χ0v) is 10.3. The fourth-order valence-electron chi connectivity index (χ4n) is 2.35. The molecule has 1 aromatic rings. The molecule has 1 saturated carbocycles. The summed E-state index contributed by atoms with van der Waals surface area (Å²) >= 11 is 0. The van der Waals surface area contributed by atoms with Gasteiger partial charge in [-0.1, -0.05) is 19.3 Å². The van der Waals surface area contributed by atoms with E-state index in [1.807, 2.05) is 0 Å². The Kier molecular flexibility index (Phi) is 4.01. The molecule has 2 rings (SSSR count). The molecule has 0 aromatic carbocycles. The lowest BCUT2D eigenvalue weighted by Crippen LogP contribution is -2.18. The van der Waals surface area contributed by atoms with Crippen molar-refractivity contribution in [2.24, 2.45) is 5.92 Å². The number of rotatable bonds is 4. The molecular formula is C12H20N4O. The monoisotopic (exact) mass is 236 g/mol. The van der Waals surface area contributed by atoms with Crippen molar-refractivity contribution in [1.29, 1.82) is 0 Å². The molecule has 1 fully saturated rings. The Bertz CT molecular complexity index is 364. The number of anilines is 2. The molecule has 0 atom stereocenters. The van der Waals surface area contributed by atoms with E-state index in [1.54, 1.807) is 7.11 Å². The Morgan fingerprint density at radius 2 is 2.12 bits per heavy atom. The summed E-state index contributed by atoms with van der Waals surface area (Å²) in [5.41, 5.74) is 5.72. The minimum atomic E-state index is 0.383. The van der Waals surface area contributed by atoms with Gasteiger partial charge < -0.3 is 15.8 Å². The lowest BCUT2D eigenvalue weighted by molar-refractivity contribution is 0.371. The molecule has 0 radical (unpaired) electrons. The van der Waals surface area contributed by atoms with E-state index in [4.69, 9.17) is 10.5 Å². The maximum Gasteiger partial charge on any atom is 0.203 e. The number of aromatic nitrogens is 2. The quantitative estimate of drug-likeness (QED) is 0.837. The van der Waals surface area contributed by atoms with Crippen LogP contribution in [0.3, 0.4) is 0 Å². The topological polar surface area (TPSA) is 73.1 Å². The summed E-state index contributed by atoms with van der Waals surface area (Å²) < 4.78 is 5.20. The van der Waals surface area contributed by atoms with Crippen molar-refractivity contribution in [3.05, 3.63) is 6.33 Å². The number of ether oxygens (including phenoxy) is 1. The van der Waals surface area contributed by atoms with Gasteiger partial charge in [-0.05, 0) is 18.8 Å². The van der Waals surface area contributed by atoms with E-state index >= 15 is 0 Å². The Balaban J connectivity index is 1.95. The van der Waals surface area contributed by atoms with E-state index in [9.17, 15) is 0 Å². The molecule has 1 aliphatic carbocycles. The van der Waals surface area contributed by atoms with E-state index in [2.05, 4.69) is 15.3 Å². The van der Waals surface area contributed by atoms with Crippen LogP contribution < -0.4 is 15.8 Å². The molecule has 5 heteroatoms. The van der Waals surface area contributed by atoms with Crippen LogP contribution in [-0.4, -0.2) is 23.6 Å². The number of hydrogen-bond acceptors (Lipinski definition) is 5. The lowest BCUT2D eigenvalue weighted by Gasteiger charge is -2.22. The van der Waals surface area contributed by atoms with Crippen LogP contribution >= 0.6 is 0 Å². The van der Waals surface area contributed by atoms with Crippen molar-refractivity contribution >= 4 is 11.6 Å². The number of hydrogen-bond donors (Lipinski definition) is 2. The predicted octanol–water partition coefficient (Wildman–Crippen LogP) is 2.06. The lowest BCUT2D eigenvalue weighted by atomic mass is 9.89. The summed E-state index contributed by atoms with van der Waals surface area (Å²) in [7, 11) is 1.58. The molecule has 0 aliphatic heterocycles. The van der Waals surface area contributed by atoms with E-state index in [0.717, 1.165) is 12.5 Å². The van der Waals surface area contributed by atoms with Crippen molar-refractivity contribution in [2.75, 3.05) is 24.7 Å². The fourth-order valence-corrected chi connectivity index (χ4v) is 2.35. The highest BCUT2D eigenvalue weighted by atomic mass is 16.5.